The van der Waals surface area contributed by atoms with Gasteiger partial charge in [0.2, 0.25) is 0 Å². The maximum Gasteiger partial charge on any atom is 0.335 e. The summed E-state index contributed by atoms with van der Waals surface area (Å²) in [5.41, 5.74) is 2.37. The summed E-state index contributed by atoms with van der Waals surface area (Å²) < 4.78 is 0. The van der Waals surface area contributed by atoms with Crippen LogP contribution in [-0.2, 0) is 6.54 Å². The molecule has 0 saturated carbocycles. The minimum absolute atomic E-state index is 0.327. The van der Waals surface area contributed by atoms with Crippen molar-refractivity contribution in [2.75, 3.05) is 11.9 Å². The zero-order valence-electron chi connectivity index (χ0n) is 10.4. The maximum absolute atomic E-state index is 11.0. The zero-order chi connectivity index (χ0) is 13.1. The molecular formula is C14H15NO2S. The van der Waals surface area contributed by atoms with Crippen LogP contribution in [0.2, 0.25) is 0 Å². The third kappa shape index (κ3) is 2.71. The number of hydrogen-bond acceptors (Lipinski definition) is 3. The van der Waals surface area contributed by atoms with Crippen molar-refractivity contribution in [3.05, 3.63) is 51.7 Å². The summed E-state index contributed by atoms with van der Waals surface area (Å²) in [4.78, 5) is 14.3. The van der Waals surface area contributed by atoms with Crippen molar-refractivity contribution < 1.29 is 9.90 Å². The highest BCUT2D eigenvalue weighted by Gasteiger charge is 2.10. The van der Waals surface area contributed by atoms with Gasteiger partial charge < -0.3 is 10.0 Å². The summed E-state index contributed by atoms with van der Waals surface area (Å²) in [5.74, 6) is -0.888. The molecule has 0 unspecified atom stereocenters. The van der Waals surface area contributed by atoms with E-state index in [9.17, 15) is 4.79 Å². The van der Waals surface area contributed by atoms with E-state index in [1.54, 1.807) is 23.5 Å². The maximum atomic E-state index is 11.0. The molecule has 0 atom stereocenters. The van der Waals surface area contributed by atoms with Crippen molar-refractivity contribution in [1.82, 2.24) is 0 Å². The molecule has 0 bridgehead atoms. The summed E-state index contributed by atoms with van der Waals surface area (Å²) >= 11 is 1.70. The van der Waals surface area contributed by atoms with E-state index >= 15 is 0 Å². The average molecular weight is 261 g/mol. The Labute approximate surface area is 110 Å². The van der Waals surface area contributed by atoms with Crippen LogP contribution < -0.4 is 4.90 Å². The molecule has 3 nitrogen and oxygen atoms in total. The molecule has 0 aliphatic heterocycles. The fraction of sp³-hybridized carbons (Fsp3) is 0.214. The normalized spacial score (nSPS) is 10.3. The Bertz CT molecular complexity index is 549. The Balaban J connectivity index is 2.26. The molecule has 0 fully saturated rings. The first-order valence-electron chi connectivity index (χ1n) is 5.65. The van der Waals surface area contributed by atoms with Crippen LogP contribution in [0.5, 0.6) is 0 Å². The number of hydrogen-bond donors (Lipinski definition) is 1. The van der Waals surface area contributed by atoms with Crippen LogP contribution in [0.3, 0.4) is 0 Å². The Morgan fingerprint density at radius 3 is 2.78 bits per heavy atom. The molecule has 0 saturated heterocycles. The van der Waals surface area contributed by atoms with E-state index in [-0.39, 0.29) is 0 Å². The molecule has 0 spiro atoms. The predicted octanol–water partition coefficient (Wildman–Crippen LogP) is 3.39. The second-order valence-corrected chi connectivity index (χ2v) is 5.27. The highest BCUT2D eigenvalue weighted by Crippen LogP contribution is 2.23. The van der Waals surface area contributed by atoms with E-state index in [1.165, 1.54) is 4.88 Å². The third-order valence-electron chi connectivity index (χ3n) is 2.84. The van der Waals surface area contributed by atoms with E-state index in [1.807, 2.05) is 31.5 Å². The minimum Gasteiger partial charge on any atom is -0.478 e. The first-order valence-corrected chi connectivity index (χ1v) is 6.53. The molecule has 94 valence electrons. The Morgan fingerprint density at radius 2 is 2.17 bits per heavy atom. The van der Waals surface area contributed by atoms with E-state index in [0.29, 0.717) is 5.56 Å². The van der Waals surface area contributed by atoms with Crippen LogP contribution in [0.1, 0.15) is 20.8 Å². The van der Waals surface area contributed by atoms with Crippen LogP contribution in [0.25, 0.3) is 0 Å². The predicted molar refractivity (Wildman–Crippen MR) is 74.6 cm³/mol. The molecule has 4 heteroatoms. The first kappa shape index (κ1) is 12.6. The monoisotopic (exact) mass is 261 g/mol. The van der Waals surface area contributed by atoms with Crippen molar-refractivity contribution in [2.45, 2.75) is 13.5 Å². The van der Waals surface area contributed by atoms with E-state index < -0.39 is 5.97 Å². The van der Waals surface area contributed by atoms with Gasteiger partial charge in [-0.3, -0.25) is 0 Å². The van der Waals surface area contributed by atoms with Crippen LogP contribution in [0.15, 0.2) is 35.7 Å². The number of thiophene rings is 1. The number of nitrogens with zero attached hydrogens (tertiary/aromatic N) is 1. The van der Waals surface area contributed by atoms with Crippen molar-refractivity contribution >= 4 is 23.0 Å². The summed E-state index contributed by atoms with van der Waals surface area (Å²) in [5, 5.41) is 11.1. The lowest BCUT2D eigenvalue weighted by Crippen LogP contribution is -2.17. The molecule has 2 aromatic rings. The summed E-state index contributed by atoms with van der Waals surface area (Å²) in [6, 6.07) is 9.32. The van der Waals surface area contributed by atoms with Crippen LogP contribution in [-0.4, -0.2) is 18.1 Å². The number of carboxylic acids is 1. The molecule has 1 aromatic heterocycles. The van der Waals surface area contributed by atoms with Gasteiger partial charge in [-0.05, 0) is 36.1 Å². The van der Waals surface area contributed by atoms with Crippen molar-refractivity contribution in [1.29, 1.82) is 0 Å². The van der Waals surface area contributed by atoms with Crippen LogP contribution in [0.4, 0.5) is 5.69 Å². The molecule has 18 heavy (non-hydrogen) atoms. The smallest absolute Gasteiger partial charge is 0.335 e. The fourth-order valence-electron chi connectivity index (χ4n) is 1.88. The molecule has 2 rings (SSSR count). The van der Waals surface area contributed by atoms with E-state index in [0.717, 1.165) is 17.8 Å². The zero-order valence-corrected chi connectivity index (χ0v) is 11.2. The molecular weight excluding hydrogens is 246 g/mol. The highest BCUT2D eigenvalue weighted by atomic mass is 32.1. The lowest BCUT2D eigenvalue weighted by atomic mass is 10.1. The second kappa shape index (κ2) is 5.23. The van der Waals surface area contributed by atoms with Gasteiger partial charge in [0, 0.05) is 17.6 Å². The van der Waals surface area contributed by atoms with Gasteiger partial charge >= 0.3 is 5.97 Å². The summed E-state index contributed by atoms with van der Waals surface area (Å²) in [6.45, 7) is 2.79. The van der Waals surface area contributed by atoms with Crippen LogP contribution >= 0.6 is 11.3 Å². The van der Waals surface area contributed by atoms with E-state index in [2.05, 4.69) is 11.0 Å². The first-order chi connectivity index (χ1) is 8.58. The topological polar surface area (TPSA) is 40.5 Å². The number of aromatic carboxylic acids is 1. The summed E-state index contributed by atoms with van der Waals surface area (Å²) in [7, 11) is 1.98. The minimum atomic E-state index is -0.888. The largest absolute Gasteiger partial charge is 0.478 e. The molecule has 1 aromatic carbocycles. The molecule has 0 radical (unpaired) electrons. The molecule has 1 heterocycles. The summed E-state index contributed by atoms with van der Waals surface area (Å²) in [6.07, 6.45) is 0. The Hall–Kier alpha value is -1.81. The van der Waals surface area contributed by atoms with Crippen molar-refractivity contribution in [2.24, 2.45) is 0 Å². The van der Waals surface area contributed by atoms with Crippen molar-refractivity contribution in [3.63, 3.8) is 0 Å². The molecule has 0 aliphatic carbocycles. The van der Waals surface area contributed by atoms with Gasteiger partial charge in [-0.1, -0.05) is 12.1 Å². The number of aryl methyl sites for hydroxylation is 1. The highest BCUT2D eigenvalue weighted by molar-refractivity contribution is 7.09. The lowest BCUT2D eigenvalue weighted by molar-refractivity contribution is 0.0697. The van der Waals surface area contributed by atoms with Crippen LogP contribution in [0, 0.1) is 6.92 Å². The fourth-order valence-corrected chi connectivity index (χ4v) is 2.63. The second-order valence-electron chi connectivity index (χ2n) is 4.24. The number of benzene rings is 1. The average Bonchev–Trinajstić information content (AvgIpc) is 2.81. The standard InChI is InChI=1S/C14H15NO2S/c1-10-5-6-11(14(16)17)8-13(10)15(2)9-12-4-3-7-18-12/h3-8H,9H2,1-2H3,(H,16,17). The molecule has 1 N–H and O–H groups in total. The molecule has 0 amide bonds. The van der Waals surface area contributed by atoms with Gasteiger partial charge in [0.15, 0.2) is 0 Å². The number of carboxylic acid groups (broad SMARTS) is 1. The lowest BCUT2D eigenvalue weighted by Gasteiger charge is -2.21. The SMILES string of the molecule is Cc1ccc(C(=O)O)cc1N(C)Cc1cccs1. The van der Waals surface area contributed by atoms with E-state index in [4.69, 9.17) is 5.11 Å². The van der Waals surface area contributed by atoms with Crippen molar-refractivity contribution in [3.8, 4) is 0 Å². The number of rotatable bonds is 4. The van der Waals surface area contributed by atoms with Gasteiger partial charge in [-0.15, -0.1) is 11.3 Å². The molecule has 0 aliphatic rings. The third-order valence-corrected chi connectivity index (χ3v) is 3.70. The van der Waals surface area contributed by atoms with Gasteiger partial charge in [0.25, 0.3) is 0 Å². The Morgan fingerprint density at radius 1 is 1.39 bits per heavy atom. The van der Waals surface area contributed by atoms with Gasteiger partial charge in [0.1, 0.15) is 0 Å². The van der Waals surface area contributed by atoms with Gasteiger partial charge in [0.05, 0.1) is 12.1 Å². The Kier molecular flexibility index (Phi) is 3.67. The number of anilines is 1. The quantitative estimate of drug-likeness (QED) is 0.917. The van der Waals surface area contributed by atoms with Gasteiger partial charge in [-0.2, -0.15) is 0 Å². The van der Waals surface area contributed by atoms with Gasteiger partial charge in [-0.25, -0.2) is 4.79 Å². The number of carbonyl (C=O) groups is 1.